The lowest BCUT2D eigenvalue weighted by Crippen LogP contribution is -1.88. The fourth-order valence-electron chi connectivity index (χ4n) is 0.549. The third kappa shape index (κ3) is 1.85. The van der Waals surface area contributed by atoms with Crippen molar-refractivity contribution in [2.75, 3.05) is 0 Å². The molecule has 0 aliphatic heterocycles. The molecule has 10 heavy (non-hydrogen) atoms. The summed E-state index contributed by atoms with van der Waals surface area (Å²) in [5, 5.41) is 8.49. The Morgan fingerprint density at radius 2 is 2.60 bits per heavy atom. The van der Waals surface area contributed by atoms with Gasteiger partial charge in [-0.15, -0.1) is 0 Å². The van der Waals surface area contributed by atoms with E-state index in [0.717, 1.165) is 0 Å². The van der Waals surface area contributed by atoms with E-state index in [1.165, 1.54) is 0 Å². The molecular formula is C7H8O3. The van der Waals surface area contributed by atoms with E-state index >= 15 is 0 Å². The van der Waals surface area contributed by atoms with Gasteiger partial charge in [0.25, 0.3) is 5.95 Å². The number of hydrogen-bond acceptors (Lipinski definition) is 3. The van der Waals surface area contributed by atoms with Crippen LogP contribution >= 0.6 is 0 Å². The Balaban J connectivity index is 2.35. The van der Waals surface area contributed by atoms with Gasteiger partial charge in [-0.05, 0) is 18.7 Å². The van der Waals surface area contributed by atoms with Crippen LogP contribution in [0.25, 0.3) is 0 Å². The van der Waals surface area contributed by atoms with Crippen LogP contribution in [-0.4, -0.2) is 5.11 Å². The maximum atomic E-state index is 8.49. The van der Waals surface area contributed by atoms with E-state index < -0.39 is 0 Å². The molecule has 0 radical (unpaired) electrons. The van der Waals surface area contributed by atoms with Crippen molar-refractivity contribution in [1.82, 2.24) is 0 Å². The van der Waals surface area contributed by atoms with E-state index in [2.05, 4.69) is 11.3 Å². The summed E-state index contributed by atoms with van der Waals surface area (Å²) in [5.41, 5.74) is 0. The van der Waals surface area contributed by atoms with Crippen LogP contribution in [0.15, 0.2) is 35.3 Å². The van der Waals surface area contributed by atoms with Gasteiger partial charge in [-0.3, -0.25) is 0 Å². The molecule has 0 saturated carbocycles. The standard InChI is InChI=1S/C7H8O3/c1-6(8)10-5-7-3-2-4-9-7/h2-4,8H,1,5H2. The van der Waals surface area contributed by atoms with Gasteiger partial charge < -0.3 is 14.3 Å². The normalized spacial score (nSPS) is 9.20. The molecule has 0 unspecified atom stereocenters. The highest BCUT2D eigenvalue weighted by atomic mass is 16.6. The van der Waals surface area contributed by atoms with Gasteiger partial charge in [-0.2, -0.15) is 0 Å². The van der Waals surface area contributed by atoms with Gasteiger partial charge in [0.2, 0.25) is 0 Å². The first-order chi connectivity index (χ1) is 4.79. The molecule has 0 atom stereocenters. The first-order valence-corrected chi connectivity index (χ1v) is 2.82. The zero-order chi connectivity index (χ0) is 7.40. The lowest BCUT2D eigenvalue weighted by molar-refractivity contribution is 0.0749. The predicted molar refractivity (Wildman–Crippen MR) is 35.3 cm³/mol. The van der Waals surface area contributed by atoms with Crippen LogP contribution < -0.4 is 0 Å². The Hall–Kier alpha value is -1.38. The van der Waals surface area contributed by atoms with Crippen molar-refractivity contribution in [2.45, 2.75) is 6.61 Å². The van der Waals surface area contributed by atoms with E-state index in [1.807, 2.05) is 0 Å². The monoisotopic (exact) mass is 140 g/mol. The first kappa shape index (κ1) is 6.74. The summed E-state index contributed by atoms with van der Waals surface area (Å²) in [6, 6.07) is 3.50. The number of aliphatic hydroxyl groups excluding tert-OH is 1. The second-order valence-electron chi connectivity index (χ2n) is 1.76. The first-order valence-electron chi connectivity index (χ1n) is 2.82. The van der Waals surface area contributed by atoms with Crippen LogP contribution in [0.1, 0.15) is 5.76 Å². The molecule has 3 nitrogen and oxygen atoms in total. The Kier molecular flexibility index (Phi) is 1.99. The van der Waals surface area contributed by atoms with Crippen molar-refractivity contribution < 1.29 is 14.3 Å². The highest BCUT2D eigenvalue weighted by molar-refractivity contribution is 4.96. The SMILES string of the molecule is C=C(O)OCc1ccco1. The number of rotatable bonds is 3. The molecule has 1 N–H and O–H groups in total. The molecular weight excluding hydrogens is 132 g/mol. The molecule has 0 saturated heterocycles. The summed E-state index contributed by atoms with van der Waals surface area (Å²) in [4.78, 5) is 0. The Labute approximate surface area is 58.5 Å². The maximum absolute atomic E-state index is 8.49. The molecule has 0 bridgehead atoms. The molecule has 0 aliphatic rings. The van der Waals surface area contributed by atoms with Crippen LogP contribution in [0.4, 0.5) is 0 Å². The Morgan fingerprint density at radius 1 is 1.80 bits per heavy atom. The summed E-state index contributed by atoms with van der Waals surface area (Å²) >= 11 is 0. The van der Waals surface area contributed by atoms with Crippen LogP contribution in [0.3, 0.4) is 0 Å². The van der Waals surface area contributed by atoms with Crippen molar-refractivity contribution in [3.8, 4) is 0 Å². The van der Waals surface area contributed by atoms with Crippen LogP contribution in [0, 0.1) is 0 Å². The summed E-state index contributed by atoms with van der Waals surface area (Å²) in [7, 11) is 0. The summed E-state index contributed by atoms with van der Waals surface area (Å²) in [5.74, 6) is 0.367. The van der Waals surface area contributed by atoms with E-state index in [1.54, 1.807) is 18.4 Å². The Bertz CT molecular complexity index is 201. The minimum Gasteiger partial charge on any atom is -0.481 e. The molecule has 1 heterocycles. The fraction of sp³-hybridized carbons (Fsp3) is 0.143. The van der Waals surface area contributed by atoms with Gasteiger partial charge in [0.1, 0.15) is 12.4 Å². The average Bonchev–Trinajstić information content (AvgIpc) is 2.34. The summed E-state index contributed by atoms with van der Waals surface area (Å²) < 4.78 is 9.56. The van der Waals surface area contributed by atoms with Gasteiger partial charge in [0, 0.05) is 0 Å². The topological polar surface area (TPSA) is 42.6 Å². The summed E-state index contributed by atoms with van der Waals surface area (Å²) in [6.45, 7) is 3.37. The molecule has 3 heteroatoms. The summed E-state index contributed by atoms with van der Waals surface area (Å²) in [6.07, 6.45) is 1.54. The highest BCUT2D eigenvalue weighted by Crippen LogP contribution is 2.03. The van der Waals surface area contributed by atoms with Gasteiger partial charge >= 0.3 is 0 Å². The minimum absolute atomic E-state index is 0.225. The molecule has 54 valence electrons. The number of hydrogen-bond donors (Lipinski definition) is 1. The van der Waals surface area contributed by atoms with Crippen molar-refractivity contribution in [3.63, 3.8) is 0 Å². The second kappa shape index (κ2) is 2.96. The van der Waals surface area contributed by atoms with Crippen LogP contribution in [0.2, 0.25) is 0 Å². The number of ether oxygens (including phenoxy) is 1. The van der Waals surface area contributed by atoms with Crippen LogP contribution in [-0.2, 0) is 11.3 Å². The lowest BCUT2D eigenvalue weighted by Gasteiger charge is -1.98. The molecule has 1 aromatic heterocycles. The van der Waals surface area contributed by atoms with E-state index in [-0.39, 0.29) is 12.6 Å². The van der Waals surface area contributed by atoms with E-state index in [9.17, 15) is 0 Å². The van der Waals surface area contributed by atoms with Crippen LogP contribution in [0.5, 0.6) is 0 Å². The molecule has 0 aliphatic carbocycles. The quantitative estimate of drug-likeness (QED) is 0.651. The van der Waals surface area contributed by atoms with Crippen molar-refractivity contribution in [2.24, 2.45) is 0 Å². The zero-order valence-electron chi connectivity index (χ0n) is 5.41. The van der Waals surface area contributed by atoms with Crippen molar-refractivity contribution >= 4 is 0 Å². The molecule has 1 aromatic rings. The smallest absolute Gasteiger partial charge is 0.269 e. The largest absolute Gasteiger partial charge is 0.481 e. The average molecular weight is 140 g/mol. The second-order valence-corrected chi connectivity index (χ2v) is 1.76. The van der Waals surface area contributed by atoms with E-state index in [4.69, 9.17) is 9.52 Å². The van der Waals surface area contributed by atoms with Gasteiger partial charge in [-0.25, -0.2) is 0 Å². The van der Waals surface area contributed by atoms with Crippen molar-refractivity contribution in [3.05, 3.63) is 36.7 Å². The van der Waals surface area contributed by atoms with Gasteiger partial charge in [0.05, 0.1) is 6.26 Å². The zero-order valence-corrected chi connectivity index (χ0v) is 5.41. The number of furan rings is 1. The molecule has 0 amide bonds. The highest BCUT2D eigenvalue weighted by Gasteiger charge is 1.94. The third-order valence-electron chi connectivity index (χ3n) is 0.961. The van der Waals surface area contributed by atoms with E-state index in [0.29, 0.717) is 5.76 Å². The number of aliphatic hydroxyl groups is 1. The predicted octanol–water partition coefficient (Wildman–Crippen LogP) is 1.83. The fourth-order valence-corrected chi connectivity index (χ4v) is 0.549. The van der Waals surface area contributed by atoms with Gasteiger partial charge in [-0.1, -0.05) is 0 Å². The third-order valence-corrected chi connectivity index (χ3v) is 0.961. The molecule has 0 fully saturated rings. The van der Waals surface area contributed by atoms with Gasteiger partial charge in [0.15, 0.2) is 0 Å². The molecule has 0 spiro atoms. The Morgan fingerprint density at radius 3 is 3.10 bits per heavy atom. The minimum atomic E-state index is -0.295. The maximum Gasteiger partial charge on any atom is 0.269 e. The molecule has 0 aromatic carbocycles. The lowest BCUT2D eigenvalue weighted by atomic mass is 10.5. The molecule has 1 rings (SSSR count). The van der Waals surface area contributed by atoms with Crippen molar-refractivity contribution in [1.29, 1.82) is 0 Å².